The van der Waals surface area contributed by atoms with Crippen molar-refractivity contribution in [1.82, 2.24) is 4.98 Å². The van der Waals surface area contributed by atoms with Crippen LogP contribution in [0.15, 0.2) is 51.4 Å². The number of H-pyrrole nitrogens is 1. The number of nitrogens with two attached hydrogens (primary N) is 1. The number of nitrogens with zero attached hydrogens (tertiary/aromatic N) is 2. The maximum atomic E-state index is 12.7. The lowest BCUT2D eigenvalue weighted by Crippen LogP contribution is -2.80. The summed E-state index contributed by atoms with van der Waals surface area (Å²) in [6.07, 6.45) is 7.68. The summed E-state index contributed by atoms with van der Waals surface area (Å²) < 4.78 is 5.17. The number of unbranched alkanes of at least 4 members (excludes halogenated alkanes) is 1. The van der Waals surface area contributed by atoms with Gasteiger partial charge in [-0.2, -0.15) is 0 Å². The van der Waals surface area contributed by atoms with Crippen LogP contribution in [0.5, 0.6) is 0 Å². The number of ether oxygens (including phenoxy) is 1. The molecule has 0 unspecified atom stereocenters. The summed E-state index contributed by atoms with van der Waals surface area (Å²) in [4.78, 5) is 26.3. The molecule has 5 N–H and O–H groups in total. The van der Waals surface area contributed by atoms with Gasteiger partial charge in [-0.3, -0.25) is 4.79 Å². The van der Waals surface area contributed by atoms with Crippen LogP contribution in [0.3, 0.4) is 0 Å². The number of benzene rings is 1. The lowest BCUT2D eigenvalue weighted by atomic mass is 9.97. The number of carboxylic acids is 1. The molecule has 0 saturated heterocycles. The number of halogens is 1. The number of allylic oxidation sites excluding steroid dienone is 1. The Labute approximate surface area is 215 Å². The normalized spacial score (nSPS) is 14.2. The molecule has 0 aliphatic heterocycles. The molecule has 3 rings (SSSR count). The SMILES string of the molecule is COCCCC=C(c1ccc(CCCC(N=N)=N[NH2+]CC(=O)O)c(Cl)c1)c1ccc(C2CC2)c(=O)[nH]1. The molecule has 2 aromatic rings. The third kappa shape index (κ3) is 8.22. The van der Waals surface area contributed by atoms with Crippen molar-refractivity contribution >= 4 is 29.0 Å². The van der Waals surface area contributed by atoms with Crippen LogP contribution in [0.4, 0.5) is 0 Å². The van der Waals surface area contributed by atoms with Crippen LogP contribution in [-0.2, 0) is 16.0 Å². The van der Waals surface area contributed by atoms with Gasteiger partial charge in [0.2, 0.25) is 5.84 Å². The second kappa shape index (κ2) is 13.8. The summed E-state index contributed by atoms with van der Waals surface area (Å²) in [5.41, 5.74) is 12.9. The zero-order valence-corrected chi connectivity index (χ0v) is 21.2. The zero-order chi connectivity index (χ0) is 25.9. The highest BCUT2D eigenvalue weighted by atomic mass is 35.5. The Morgan fingerprint density at radius 3 is 2.75 bits per heavy atom. The van der Waals surface area contributed by atoms with Crippen molar-refractivity contribution in [2.24, 2.45) is 10.2 Å². The number of aromatic amines is 1. The largest absolute Gasteiger partial charge is 0.477 e. The number of hydrogen-bond acceptors (Lipinski definition) is 5. The van der Waals surface area contributed by atoms with Crippen molar-refractivity contribution in [2.45, 2.75) is 50.9 Å². The first kappa shape index (κ1) is 27.4. The van der Waals surface area contributed by atoms with Gasteiger partial charge in [0.1, 0.15) is 0 Å². The van der Waals surface area contributed by atoms with E-state index >= 15 is 0 Å². The van der Waals surface area contributed by atoms with Gasteiger partial charge in [-0.1, -0.05) is 41.0 Å². The number of carbonyl (C=O) groups is 1. The number of aryl methyl sites for hydroxylation is 1. The number of hydrogen-bond donors (Lipinski definition) is 4. The lowest BCUT2D eigenvalue weighted by molar-refractivity contribution is -0.651. The summed E-state index contributed by atoms with van der Waals surface area (Å²) in [5, 5.41) is 16.6. The van der Waals surface area contributed by atoms with Gasteiger partial charge in [-0.25, -0.2) is 15.8 Å². The molecule has 0 amide bonds. The molecule has 1 heterocycles. The van der Waals surface area contributed by atoms with Crippen LogP contribution < -0.4 is 11.0 Å². The van der Waals surface area contributed by atoms with Crippen molar-refractivity contribution in [3.8, 4) is 0 Å². The minimum absolute atomic E-state index is 0.0293. The van der Waals surface area contributed by atoms with Gasteiger partial charge in [-0.05, 0) is 67.7 Å². The number of aliphatic carboxylic acids is 1. The van der Waals surface area contributed by atoms with E-state index < -0.39 is 5.97 Å². The molecule has 1 fully saturated rings. The highest BCUT2D eigenvalue weighted by Gasteiger charge is 2.26. The van der Waals surface area contributed by atoms with Gasteiger partial charge in [0.15, 0.2) is 6.54 Å². The Bertz CT molecular complexity index is 1190. The maximum Gasteiger partial charge on any atom is 0.361 e. The average molecular weight is 515 g/mol. The van der Waals surface area contributed by atoms with Crippen molar-refractivity contribution in [3.63, 3.8) is 0 Å². The van der Waals surface area contributed by atoms with Crippen LogP contribution in [-0.4, -0.2) is 42.2 Å². The number of methoxy groups -OCH3 is 1. The van der Waals surface area contributed by atoms with Gasteiger partial charge in [0, 0.05) is 42.0 Å². The monoisotopic (exact) mass is 514 g/mol. The average Bonchev–Trinajstić information content (AvgIpc) is 3.69. The molecule has 0 atom stereocenters. The highest BCUT2D eigenvalue weighted by Crippen LogP contribution is 2.38. The summed E-state index contributed by atoms with van der Waals surface area (Å²) in [6.45, 7) is 0.451. The molecule has 0 radical (unpaired) electrons. The van der Waals surface area contributed by atoms with E-state index in [-0.39, 0.29) is 17.9 Å². The minimum Gasteiger partial charge on any atom is -0.477 e. The summed E-state index contributed by atoms with van der Waals surface area (Å²) in [7, 11) is 1.68. The molecule has 1 aliphatic rings. The molecule has 1 aliphatic carbocycles. The number of amidine groups is 1. The number of pyridine rings is 1. The first-order chi connectivity index (χ1) is 17.4. The fourth-order valence-electron chi connectivity index (χ4n) is 3.95. The van der Waals surface area contributed by atoms with Crippen LogP contribution in [0.1, 0.15) is 66.8 Å². The van der Waals surface area contributed by atoms with Crippen LogP contribution in [0, 0.1) is 5.53 Å². The van der Waals surface area contributed by atoms with Gasteiger partial charge in [0.05, 0.1) is 0 Å². The first-order valence-electron chi connectivity index (χ1n) is 12.1. The summed E-state index contributed by atoms with van der Waals surface area (Å²) >= 11 is 6.64. The highest BCUT2D eigenvalue weighted by molar-refractivity contribution is 6.31. The van der Waals surface area contributed by atoms with Crippen molar-refractivity contribution < 1.29 is 20.1 Å². The van der Waals surface area contributed by atoms with Crippen LogP contribution >= 0.6 is 11.6 Å². The van der Waals surface area contributed by atoms with E-state index in [0.29, 0.717) is 36.8 Å². The Balaban J connectivity index is 1.73. The second-order valence-corrected chi connectivity index (χ2v) is 9.19. The van der Waals surface area contributed by atoms with Gasteiger partial charge >= 0.3 is 5.97 Å². The minimum atomic E-state index is -0.981. The fraction of sp³-hybridized carbons (Fsp3) is 0.423. The van der Waals surface area contributed by atoms with E-state index in [9.17, 15) is 9.59 Å². The molecular formula is C26H33ClN5O4+. The van der Waals surface area contributed by atoms with E-state index in [4.69, 9.17) is 27.0 Å². The third-order valence-electron chi connectivity index (χ3n) is 5.99. The predicted octanol–water partition coefficient (Wildman–Crippen LogP) is 4.08. The molecule has 1 saturated carbocycles. The lowest BCUT2D eigenvalue weighted by Gasteiger charge is -2.12. The first-order valence-corrected chi connectivity index (χ1v) is 12.5. The number of aromatic nitrogens is 1. The molecule has 1 aromatic heterocycles. The van der Waals surface area contributed by atoms with E-state index in [1.165, 1.54) is 5.43 Å². The molecule has 36 heavy (non-hydrogen) atoms. The van der Waals surface area contributed by atoms with Crippen molar-refractivity contribution in [3.05, 3.63) is 74.2 Å². The fourth-order valence-corrected chi connectivity index (χ4v) is 4.22. The van der Waals surface area contributed by atoms with Crippen molar-refractivity contribution in [1.29, 1.82) is 5.53 Å². The number of rotatable bonds is 14. The van der Waals surface area contributed by atoms with E-state index in [1.807, 2.05) is 30.3 Å². The second-order valence-electron chi connectivity index (χ2n) is 8.78. The molecule has 10 heteroatoms. The van der Waals surface area contributed by atoms with E-state index in [2.05, 4.69) is 21.3 Å². The van der Waals surface area contributed by atoms with Crippen LogP contribution in [0.2, 0.25) is 5.02 Å². The zero-order valence-electron chi connectivity index (χ0n) is 20.4. The van der Waals surface area contributed by atoms with E-state index in [1.54, 1.807) is 7.11 Å². The number of quaternary nitrogens is 1. The van der Waals surface area contributed by atoms with Gasteiger partial charge in [0.25, 0.3) is 5.56 Å². The van der Waals surface area contributed by atoms with Gasteiger partial charge in [-0.15, -0.1) is 5.11 Å². The molecule has 192 valence electrons. The predicted molar refractivity (Wildman–Crippen MR) is 139 cm³/mol. The topological polar surface area (TPSA) is 145 Å². The summed E-state index contributed by atoms with van der Waals surface area (Å²) in [5.74, 6) is -0.317. The Morgan fingerprint density at radius 1 is 1.31 bits per heavy atom. The number of carboxylic acid groups (broad SMARTS) is 1. The maximum absolute atomic E-state index is 12.7. The van der Waals surface area contributed by atoms with Crippen LogP contribution in [0.25, 0.3) is 5.57 Å². The van der Waals surface area contributed by atoms with Gasteiger partial charge < -0.3 is 14.8 Å². The van der Waals surface area contributed by atoms with E-state index in [0.717, 1.165) is 53.6 Å². The third-order valence-corrected chi connectivity index (χ3v) is 6.35. The molecule has 9 nitrogen and oxygen atoms in total. The Morgan fingerprint density at radius 2 is 2.11 bits per heavy atom. The number of nitrogens with one attached hydrogen (secondary N) is 2. The quantitative estimate of drug-likeness (QED) is 0.0751. The Hall–Kier alpha value is -3.14. The Kier molecular flexibility index (Phi) is 10.5. The molecule has 0 bridgehead atoms. The molecule has 1 aromatic carbocycles. The summed E-state index contributed by atoms with van der Waals surface area (Å²) in [6, 6.07) is 9.81. The molecular weight excluding hydrogens is 482 g/mol. The smallest absolute Gasteiger partial charge is 0.361 e. The molecule has 0 spiro atoms. The standard InChI is InChI=1S/C26H32ClN5O4/c1-36-14-3-2-6-20(23-13-12-21(17-8-9-17)26(35)30-23)19-11-10-18(22(27)15-19)5-4-7-24(31-28)32-29-16-25(33)34/h6,10-13,15,17,28-29H,2-5,7-9,14,16H2,1H3,(H,30,35)(H,33,34)/p+1. The van der Waals surface area contributed by atoms with Crippen molar-refractivity contribution in [2.75, 3.05) is 20.3 Å².